The van der Waals surface area contributed by atoms with Gasteiger partial charge < -0.3 is 15.5 Å². The number of rotatable bonds is 7. The van der Waals surface area contributed by atoms with Crippen LogP contribution in [0.25, 0.3) is 0 Å². The maximum absolute atomic E-state index is 12.1. The number of amides is 2. The van der Waals surface area contributed by atoms with Crippen molar-refractivity contribution in [2.75, 3.05) is 31.5 Å². The Morgan fingerprint density at radius 2 is 1.95 bits per heavy atom. The number of nitrogens with one attached hydrogen (secondary N) is 3. The molecule has 0 heterocycles. The van der Waals surface area contributed by atoms with E-state index in [9.17, 15) is 9.59 Å². The summed E-state index contributed by atoms with van der Waals surface area (Å²) in [6, 6.07) is 6.68. The molecule has 0 bridgehead atoms. The molecule has 1 rings (SSSR count). The van der Waals surface area contributed by atoms with Crippen LogP contribution >= 0.6 is 11.6 Å². The lowest BCUT2D eigenvalue weighted by molar-refractivity contribution is -0.881. The van der Waals surface area contributed by atoms with Gasteiger partial charge in [-0.15, -0.1) is 0 Å². The second-order valence-corrected chi connectivity index (χ2v) is 5.20. The fraction of sp³-hybridized carbons (Fsp3) is 0.400. The molecule has 0 radical (unpaired) electrons. The summed E-state index contributed by atoms with van der Waals surface area (Å²) >= 11 is 5.88. The van der Waals surface area contributed by atoms with E-state index >= 15 is 0 Å². The lowest BCUT2D eigenvalue weighted by atomic mass is 10.2. The highest BCUT2D eigenvalue weighted by atomic mass is 35.5. The summed E-state index contributed by atoms with van der Waals surface area (Å²) < 4.78 is 0. The van der Waals surface area contributed by atoms with Crippen molar-refractivity contribution < 1.29 is 14.5 Å². The predicted octanol–water partition coefficient (Wildman–Crippen LogP) is 0.191. The van der Waals surface area contributed by atoms with Gasteiger partial charge in [-0.3, -0.25) is 9.59 Å². The van der Waals surface area contributed by atoms with E-state index in [4.69, 9.17) is 16.9 Å². The van der Waals surface area contributed by atoms with Gasteiger partial charge in [0.05, 0.1) is 17.8 Å². The van der Waals surface area contributed by atoms with Crippen LogP contribution in [0.1, 0.15) is 19.4 Å². The largest absolute Gasteiger partial charge is 0.351 e. The van der Waals surface area contributed by atoms with E-state index in [1.54, 1.807) is 12.1 Å². The predicted molar refractivity (Wildman–Crippen MR) is 84.7 cm³/mol. The lowest BCUT2D eigenvalue weighted by Crippen LogP contribution is -3.14. The molecule has 1 unspecified atom stereocenters. The molecule has 0 aliphatic rings. The van der Waals surface area contributed by atoms with Crippen LogP contribution in [0.3, 0.4) is 0 Å². The van der Waals surface area contributed by atoms with Gasteiger partial charge in [-0.05, 0) is 32.0 Å². The molecule has 7 heteroatoms. The van der Waals surface area contributed by atoms with Gasteiger partial charge in [0, 0.05) is 11.6 Å². The van der Waals surface area contributed by atoms with Crippen molar-refractivity contribution in [3.63, 3.8) is 0 Å². The Morgan fingerprint density at radius 3 is 2.55 bits per heavy atom. The molecule has 0 saturated carbocycles. The van der Waals surface area contributed by atoms with Crippen LogP contribution < -0.4 is 15.5 Å². The summed E-state index contributed by atoms with van der Waals surface area (Å²) in [5.74, 6) is -0.354. The van der Waals surface area contributed by atoms with Gasteiger partial charge in [-0.25, -0.2) is 0 Å². The highest BCUT2D eigenvalue weighted by Gasteiger charge is 2.17. The van der Waals surface area contributed by atoms with Gasteiger partial charge in [0.15, 0.2) is 13.1 Å². The first-order valence-electron chi connectivity index (χ1n) is 7.09. The van der Waals surface area contributed by atoms with Crippen molar-refractivity contribution in [1.29, 1.82) is 5.26 Å². The molecule has 6 nitrogen and oxygen atoms in total. The molecule has 0 aromatic heterocycles. The van der Waals surface area contributed by atoms with Crippen molar-refractivity contribution in [1.82, 2.24) is 5.32 Å². The van der Waals surface area contributed by atoms with Gasteiger partial charge in [-0.1, -0.05) is 11.6 Å². The molecular formula is C15H20ClN4O2+. The fourth-order valence-corrected chi connectivity index (χ4v) is 2.11. The molecule has 2 amide bonds. The number of carbonyl (C=O) groups is 2. The normalized spacial score (nSPS) is 11.4. The number of likely N-dealkylation sites (N-methyl/N-ethyl adjacent to an activating group) is 2. The molecule has 1 aromatic rings. The Morgan fingerprint density at radius 1 is 1.27 bits per heavy atom. The van der Waals surface area contributed by atoms with Gasteiger partial charge >= 0.3 is 0 Å². The van der Waals surface area contributed by atoms with E-state index in [-0.39, 0.29) is 24.9 Å². The van der Waals surface area contributed by atoms with Crippen molar-refractivity contribution >= 4 is 29.1 Å². The van der Waals surface area contributed by atoms with Gasteiger partial charge in [0.2, 0.25) is 0 Å². The Balaban J connectivity index is 2.67. The molecule has 0 fully saturated rings. The summed E-state index contributed by atoms with van der Waals surface area (Å²) in [4.78, 5) is 24.5. The second-order valence-electron chi connectivity index (χ2n) is 4.76. The van der Waals surface area contributed by atoms with Crippen molar-refractivity contribution in [3.05, 3.63) is 28.8 Å². The minimum atomic E-state index is -0.264. The second kappa shape index (κ2) is 9.03. The van der Waals surface area contributed by atoms with Crippen LogP contribution in [0.2, 0.25) is 5.02 Å². The highest BCUT2D eigenvalue weighted by Crippen LogP contribution is 2.20. The van der Waals surface area contributed by atoms with Crippen LogP contribution in [0.4, 0.5) is 5.69 Å². The standard InChI is InChI=1S/C15H19ClN4O2/c1-3-18-14(21)9-20(4-2)10-15(22)19-13-7-12(16)6-5-11(13)8-17/h5-7H,3-4,9-10H2,1-2H3,(H,18,21)(H,19,22)/p+1. The third-order valence-electron chi connectivity index (χ3n) is 3.07. The summed E-state index contributed by atoms with van der Waals surface area (Å²) in [5, 5.41) is 14.8. The van der Waals surface area contributed by atoms with E-state index in [1.165, 1.54) is 6.07 Å². The molecule has 3 N–H and O–H groups in total. The zero-order chi connectivity index (χ0) is 16.5. The highest BCUT2D eigenvalue weighted by molar-refractivity contribution is 6.31. The number of halogens is 1. The third kappa shape index (κ3) is 5.72. The summed E-state index contributed by atoms with van der Waals surface area (Å²) in [6.45, 7) is 5.34. The Hall–Kier alpha value is -2.10. The quantitative estimate of drug-likeness (QED) is 0.669. The molecule has 0 spiro atoms. The minimum Gasteiger partial charge on any atom is -0.351 e. The first kappa shape index (κ1) is 18.0. The third-order valence-corrected chi connectivity index (χ3v) is 3.31. The van der Waals surface area contributed by atoms with E-state index in [0.717, 1.165) is 4.90 Å². The average molecular weight is 324 g/mol. The monoisotopic (exact) mass is 323 g/mol. The Labute approximate surface area is 135 Å². The average Bonchev–Trinajstić information content (AvgIpc) is 2.47. The maximum atomic E-state index is 12.1. The molecule has 0 aliphatic heterocycles. The number of anilines is 1. The van der Waals surface area contributed by atoms with Crippen molar-refractivity contribution in [2.24, 2.45) is 0 Å². The number of benzene rings is 1. The van der Waals surface area contributed by atoms with Crippen molar-refractivity contribution in [3.8, 4) is 6.07 Å². The number of nitriles is 1. The van der Waals surface area contributed by atoms with Crippen LogP contribution in [0, 0.1) is 11.3 Å². The Bertz CT molecular complexity index is 583. The number of nitrogens with zero attached hydrogens (tertiary/aromatic N) is 1. The van der Waals surface area contributed by atoms with E-state index < -0.39 is 0 Å². The number of hydrogen-bond donors (Lipinski definition) is 3. The minimum absolute atomic E-state index is 0.0902. The fourth-order valence-electron chi connectivity index (χ4n) is 1.94. The molecule has 22 heavy (non-hydrogen) atoms. The molecule has 0 aliphatic carbocycles. The first-order valence-corrected chi connectivity index (χ1v) is 7.47. The van der Waals surface area contributed by atoms with Crippen LogP contribution in [0.15, 0.2) is 18.2 Å². The van der Waals surface area contributed by atoms with E-state index in [2.05, 4.69) is 10.6 Å². The maximum Gasteiger partial charge on any atom is 0.279 e. The Kier molecular flexibility index (Phi) is 7.37. The van der Waals surface area contributed by atoms with Crippen LogP contribution in [-0.4, -0.2) is 38.0 Å². The smallest absolute Gasteiger partial charge is 0.279 e. The summed E-state index contributed by atoms with van der Waals surface area (Å²) in [5.41, 5.74) is 0.730. The number of hydrogen-bond acceptors (Lipinski definition) is 3. The van der Waals surface area contributed by atoms with Crippen molar-refractivity contribution in [2.45, 2.75) is 13.8 Å². The van der Waals surface area contributed by atoms with E-state index in [0.29, 0.717) is 29.4 Å². The SMILES string of the molecule is CCNC(=O)C[NH+](CC)CC(=O)Nc1cc(Cl)ccc1C#N. The van der Waals surface area contributed by atoms with Crippen LogP contribution in [0.5, 0.6) is 0 Å². The number of quaternary nitrogens is 1. The van der Waals surface area contributed by atoms with Gasteiger partial charge in [0.25, 0.3) is 11.8 Å². The van der Waals surface area contributed by atoms with Gasteiger partial charge in [-0.2, -0.15) is 5.26 Å². The number of carbonyl (C=O) groups excluding carboxylic acids is 2. The molecule has 118 valence electrons. The zero-order valence-corrected chi connectivity index (χ0v) is 13.5. The zero-order valence-electron chi connectivity index (χ0n) is 12.7. The molecule has 1 atom stereocenters. The summed E-state index contributed by atoms with van der Waals surface area (Å²) in [7, 11) is 0. The lowest BCUT2D eigenvalue weighted by Gasteiger charge is -2.17. The first-order chi connectivity index (χ1) is 10.5. The van der Waals surface area contributed by atoms with Gasteiger partial charge in [0.1, 0.15) is 6.07 Å². The molecule has 1 aromatic carbocycles. The topological polar surface area (TPSA) is 86.4 Å². The van der Waals surface area contributed by atoms with E-state index in [1.807, 2.05) is 19.9 Å². The molecule has 0 saturated heterocycles. The van der Waals surface area contributed by atoms with Crippen LogP contribution in [-0.2, 0) is 9.59 Å². The molecular weight excluding hydrogens is 304 g/mol. The summed E-state index contributed by atoms with van der Waals surface area (Å²) in [6.07, 6.45) is 0.